The van der Waals surface area contributed by atoms with Crippen LogP contribution >= 0.6 is 0 Å². The van der Waals surface area contributed by atoms with Crippen molar-refractivity contribution in [3.8, 4) is 0 Å². The highest BCUT2D eigenvalue weighted by Gasteiger charge is 2.70. The van der Waals surface area contributed by atoms with E-state index in [4.69, 9.17) is 9.47 Å². The molecule has 21 heavy (non-hydrogen) atoms. The van der Waals surface area contributed by atoms with Crippen molar-refractivity contribution in [2.24, 2.45) is 47.3 Å². The number of fused-ring (bicyclic) bond motifs is 12. The van der Waals surface area contributed by atoms with Gasteiger partial charge in [-0.1, -0.05) is 6.58 Å². The fourth-order valence-electron chi connectivity index (χ4n) is 6.87. The number of carbonyl (C=O) groups excluding carboxylic acids is 2. The first kappa shape index (κ1) is 12.2. The maximum atomic E-state index is 12.0. The largest absolute Gasteiger partial charge is 0.465 e. The van der Waals surface area contributed by atoms with Crippen LogP contribution in [0.25, 0.3) is 0 Å². The SMILES string of the molecule is C=CC(=O)OC1CC2CC1C1C3CC(C4COC(=O)C43)C21. The summed E-state index contributed by atoms with van der Waals surface area (Å²) < 4.78 is 10.9. The fourth-order valence-corrected chi connectivity index (χ4v) is 6.87. The minimum absolute atomic E-state index is 0.0355. The Kier molecular flexibility index (Phi) is 2.28. The third kappa shape index (κ3) is 1.37. The summed E-state index contributed by atoms with van der Waals surface area (Å²) >= 11 is 0. The van der Waals surface area contributed by atoms with E-state index in [1.165, 1.54) is 18.9 Å². The Balaban J connectivity index is 1.43. The molecule has 0 aromatic rings. The molecule has 112 valence electrons. The minimum atomic E-state index is -0.301. The number of carbonyl (C=O) groups is 2. The van der Waals surface area contributed by atoms with Crippen LogP contribution in [0.15, 0.2) is 12.7 Å². The topological polar surface area (TPSA) is 52.6 Å². The van der Waals surface area contributed by atoms with E-state index in [0.717, 1.165) is 12.3 Å². The highest BCUT2D eigenvalue weighted by atomic mass is 16.5. The number of esters is 2. The molecule has 0 aromatic carbocycles. The van der Waals surface area contributed by atoms with Gasteiger partial charge in [-0.25, -0.2) is 4.79 Å². The molecule has 0 spiro atoms. The zero-order valence-corrected chi connectivity index (χ0v) is 11.9. The zero-order chi connectivity index (χ0) is 14.3. The first-order chi connectivity index (χ1) is 10.2. The second-order valence-corrected chi connectivity index (χ2v) is 7.61. The lowest BCUT2D eigenvalue weighted by molar-refractivity contribution is -0.150. The molecule has 0 amide bonds. The number of ether oxygens (including phenoxy) is 2. The summed E-state index contributed by atoms with van der Waals surface area (Å²) in [5.41, 5.74) is 0. The van der Waals surface area contributed by atoms with E-state index in [2.05, 4.69) is 6.58 Å². The van der Waals surface area contributed by atoms with Gasteiger partial charge in [0.2, 0.25) is 0 Å². The molecule has 5 rings (SSSR count). The monoisotopic (exact) mass is 288 g/mol. The third-order valence-corrected chi connectivity index (χ3v) is 7.20. The Bertz CT molecular complexity index is 541. The number of hydrogen-bond donors (Lipinski definition) is 0. The van der Waals surface area contributed by atoms with Crippen LogP contribution in [0.2, 0.25) is 0 Å². The normalized spacial score (nSPS) is 55.2. The zero-order valence-electron chi connectivity index (χ0n) is 11.9. The van der Waals surface area contributed by atoms with Gasteiger partial charge in [0.05, 0.1) is 12.5 Å². The number of hydrogen-bond acceptors (Lipinski definition) is 4. The molecule has 4 heteroatoms. The molecular formula is C17H20O4. The van der Waals surface area contributed by atoms with Crippen molar-refractivity contribution in [1.82, 2.24) is 0 Å². The Hall–Kier alpha value is -1.32. The molecule has 9 unspecified atom stereocenters. The first-order valence-electron chi connectivity index (χ1n) is 8.18. The standard InChI is InChI=1S/C17H20O4/c1-2-13(18)21-12-4-7-3-9(12)15-10-5-8(14(7)15)11-6-20-17(19)16(10)11/h2,7-12,14-16H,1,3-6H2. The lowest BCUT2D eigenvalue weighted by atomic mass is 9.63. The first-order valence-corrected chi connectivity index (χ1v) is 8.18. The van der Waals surface area contributed by atoms with Crippen LogP contribution < -0.4 is 0 Å². The molecule has 0 aromatic heterocycles. The molecule has 9 atom stereocenters. The van der Waals surface area contributed by atoms with E-state index in [1.54, 1.807) is 0 Å². The highest BCUT2D eigenvalue weighted by Crippen LogP contribution is 2.71. The van der Waals surface area contributed by atoms with Gasteiger partial charge in [-0.15, -0.1) is 0 Å². The lowest BCUT2D eigenvalue weighted by Gasteiger charge is -2.41. The maximum absolute atomic E-state index is 12.0. The van der Waals surface area contributed by atoms with E-state index >= 15 is 0 Å². The average molecular weight is 288 g/mol. The molecule has 4 nitrogen and oxygen atoms in total. The van der Waals surface area contributed by atoms with Crippen LogP contribution in [0.4, 0.5) is 0 Å². The van der Waals surface area contributed by atoms with Gasteiger partial charge in [0, 0.05) is 12.0 Å². The van der Waals surface area contributed by atoms with Crippen LogP contribution in [-0.2, 0) is 19.1 Å². The summed E-state index contributed by atoms with van der Waals surface area (Å²) in [5.74, 6) is 4.03. The summed E-state index contributed by atoms with van der Waals surface area (Å²) in [6.45, 7) is 4.14. The molecule has 4 bridgehead atoms. The van der Waals surface area contributed by atoms with Gasteiger partial charge in [-0.3, -0.25) is 4.79 Å². The molecular weight excluding hydrogens is 268 g/mol. The lowest BCUT2D eigenvalue weighted by Crippen LogP contribution is -2.43. The Morgan fingerprint density at radius 1 is 1.14 bits per heavy atom. The molecule has 1 heterocycles. The summed E-state index contributed by atoms with van der Waals surface area (Å²) in [5, 5.41) is 0. The Morgan fingerprint density at radius 3 is 2.81 bits per heavy atom. The van der Waals surface area contributed by atoms with Crippen LogP contribution in [0.3, 0.4) is 0 Å². The van der Waals surface area contributed by atoms with Crippen LogP contribution in [0.1, 0.15) is 19.3 Å². The maximum Gasteiger partial charge on any atom is 0.330 e. The van der Waals surface area contributed by atoms with Gasteiger partial charge in [-0.05, 0) is 54.8 Å². The fraction of sp³-hybridized carbons (Fsp3) is 0.765. The quantitative estimate of drug-likeness (QED) is 0.442. The van der Waals surface area contributed by atoms with Crippen molar-refractivity contribution in [1.29, 1.82) is 0 Å². The molecule has 1 saturated heterocycles. The number of cyclic esters (lactones) is 1. The van der Waals surface area contributed by atoms with Crippen molar-refractivity contribution in [3.05, 3.63) is 12.7 Å². The van der Waals surface area contributed by atoms with E-state index in [1.807, 2.05) is 0 Å². The van der Waals surface area contributed by atoms with Gasteiger partial charge < -0.3 is 9.47 Å². The van der Waals surface area contributed by atoms with Gasteiger partial charge in [0.15, 0.2) is 0 Å². The molecule has 1 aliphatic heterocycles. The summed E-state index contributed by atoms with van der Waals surface area (Å²) in [7, 11) is 0. The summed E-state index contributed by atoms with van der Waals surface area (Å²) in [6, 6.07) is 0. The van der Waals surface area contributed by atoms with Gasteiger partial charge in [-0.2, -0.15) is 0 Å². The predicted octanol–water partition coefficient (Wildman–Crippen LogP) is 1.80. The molecule has 0 N–H and O–H groups in total. The Morgan fingerprint density at radius 2 is 2.00 bits per heavy atom. The van der Waals surface area contributed by atoms with E-state index < -0.39 is 0 Å². The van der Waals surface area contributed by atoms with Gasteiger partial charge >= 0.3 is 11.9 Å². The molecule has 4 saturated carbocycles. The van der Waals surface area contributed by atoms with Crippen LogP contribution in [0.5, 0.6) is 0 Å². The van der Waals surface area contributed by atoms with E-state index in [0.29, 0.717) is 42.1 Å². The van der Waals surface area contributed by atoms with Crippen LogP contribution in [0, 0.1) is 47.3 Å². The minimum Gasteiger partial charge on any atom is -0.465 e. The summed E-state index contributed by atoms with van der Waals surface area (Å²) in [4.78, 5) is 23.5. The Labute approximate surface area is 123 Å². The molecule has 5 aliphatic rings. The van der Waals surface area contributed by atoms with Crippen molar-refractivity contribution >= 4 is 11.9 Å². The second kappa shape index (κ2) is 3.90. The van der Waals surface area contributed by atoms with Crippen LogP contribution in [-0.4, -0.2) is 24.6 Å². The molecule has 0 radical (unpaired) electrons. The smallest absolute Gasteiger partial charge is 0.330 e. The highest BCUT2D eigenvalue weighted by molar-refractivity contribution is 5.81. The number of rotatable bonds is 2. The van der Waals surface area contributed by atoms with E-state index in [9.17, 15) is 9.59 Å². The van der Waals surface area contributed by atoms with Crippen molar-refractivity contribution in [2.45, 2.75) is 25.4 Å². The molecule has 4 aliphatic carbocycles. The summed E-state index contributed by atoms with van der Waals surface area (Å²) in [6.07, 6.45) is 4.72. The van der Waals surface area contributed by atoms with Crippen molar-refractivity contribution < 1.29 is 19.1 Å². The molecule has 5 fully saturated rings. The van der Waals surface area contributed by atoms with E-state index in [-0.39, 0.29) is 24.0 Å². The third-order valence-electron chi connectivity index (χ3n) is 7.20. The average Bonchev–Trinajstić information content (AvgIpc) is 3.20. The predicted molar refractivity (Wildman–Crippen MR) is 72.8 cm³/mol. The van der Waals surface area contributed by atoms with Gasteiger partial charge in [0.25, 0.3) is 0 Å². The van der Waals surface area contributed by atoms with Crippen molar-refractivity contribution in [3.63, 3.8) is 0 Å². The second-order valence-electron chi connectivity index (χ2n) is 7.61. The van der Waals surface area contributed by atoms with Gasteiger partial charge in [0.1, 0.15) is 6.10 Å². The van der Waals surface area contributed by atoms with Crippen molar-refractivity contribution in [2.75, 3.05) is 6.61 Å².